The third-order valence-electron chi connectivity index (χ3n) is 4.42. The average Bonchev–Trinajstić information content (AvgIpc) is 3.15. The maximum atomic E-state index is 12.0. The Balaban J connectivity index is 1.80. The Bertz CT molecular complexity index is 994. The van der Waals surface area contributed by atoms with Gasteiger partial charge in [0.1, 0.15) is 0 Å². The average molecular weight is 311 g/mol. The highest BCUT2D eigenvalue weighted by Crippen LogP contribution is 2.28. The summed E-state index contributed by atoms with van der Waals surface area (Å²) in [6.07, 6.45) is 7.39. The smallest absolute Gasteiger partial charge is 0.160 e. The van der Waals surface area contributed by atoms with Gasteiger partial charge < -0.3 is 0 Å². The van der Waals surface area contributed by atoms with Gasteiger partial charge in [-0.3, -0.25) is 4.79 Å². The summed E-state index contributed by atoms with van der Waals surface area (Å²) in [6, 6.07) is 18.1. The molecule has 0 spiro atoms. The van der Waals surface area contributed by atoms with Crippen LogP contribution in [0.15, 0.2) is 72.8 Å². The summed E-state index contributed by atoms with van der Waals surface area (Å²) in [6.45, 7) is 1.61. The van der Waals surface area contributed by atoms with Crippen molar-refractivity contribution in [2.75, 3.05) is 0 Å². The number of pyridine rings is 1. The van der Waals surface area contributed by atoms with Crippen molar-refractivity contribution in [3.05, 3.63) is 84.0 Å². The number of ketones is 1. The van der Waals surface area contributed by atoms with Crippen LogP contribution in [0.3, 0.4) is 0 Å². The van der Waals surface area contributed by atoms with Gasteiger partial charge in [0, 0.05) is 16.5 Å². The fourth-order valence-electron chi connectivity index (χ4n) is 3.13. The van der Waals surface area contributed by atoms with Gasteiger partial charge in [0.25, 0.3) is 0 Å². The third kappa shape index (κ3) is 2.56. The van der Waals surface area contributed by atoms with Gasteiger partial charge in [-0.05, 0) is 36.6 Å². The number of aromatic nitrogens is 1. The molecule has 0 unspecified atom stereocenters. The van der Waals surface area contributed by atoms with E-state index in [4.69, 9.17) is 4.98 Å². The summed E-state index contributed by atoms with van der Waals surface area (Å²) >= 11 is 0. The molecule has 2 heteroatoms. The van der Waals surface area contributed by atoms with Crippen molar-refractivity contribution in [3.63, 3.8) is 0 Å². The van der Waals surface area contributed by atoms with E-state index >= 15 is 0 Å². The lowest BCUT2D eigenvalue weighted by Gasteiger charge is -2.09. The fourth-order valence-corrected chi connectivity index (χ4v) is 3.13. The van der Waals surface area contributed by atoms with E-state index in [-0.39, 0.29) is 5.78 Å². The molecule has 0 atom stereocenters. The highest BCUT2D eigenvalue weighted by Gasteiger charge is 2.11. The Morgan fingerprint density at radius 3 is 2.46 bits per heavy atom. The molecule has 0 fully saturated rings. The summed E-state index contributed by atoms with van der Waals surface area (Å²) in [5.74, 6) is 0.0636. The van der Waals surface area contributed by atoms with Crippen LogP contribution in [-0.4, -0.2) is 10.8 Å². The van der Waals surface area contributed by atoms with Crippen LogP contribution < -0.4 is 0 Å². The third-order valence-corrected chi connectivity index (χ3v) is 4.42. The Morgan fingerprint density at radius 2 is 1.75 bits per heavy atom. The Labute approximate surface area is 141 Å². The molecule has 0 radical (unpaired) electrons. The van der Waals surface area contributed by atoms with Gasteiger partial charge in [-0.25, -0.2) is 4.98 Å². The first-order chi connectivity index (χ1) is 11.7. The molecule has 0 saturated heterocycles. The molecule has 1 aromatic heterocycles. The van der Waals surface area contributed by atoms with Crippen molar-refractivity contribution in [2.45, 2.75) is 13.3 Å². The van der Waals surface area contributed by atoms with Gasteiger partial charge >= 0.3 is 0 Å². The first kappa shape index (κ1) is 14.6. The van der Waals surface area contributed by atoms with Crippen molar-refractivity contribution in [1.29, 1.82) is 0 Å². The molecule has 0 saturated carbocycles. The number of hydrogen-bond acceptors (Lipinski definition) is 2. The maximum Gasteiger partial charge on any atom is 0.160 e. The number of para-hydroxylation sites is 1. The van der Waals surface area contributed by atoms with Crippen molar-refractivity contribution in [2.24, 2.45) is 0 Å². The van der Waals surface area contributed by atoms with Crippen LogP contribution in [0.4, 0.5) is 0 Å². The second-order valence-electron chi connectivity index (χ2n) is 6.03. The van der Waals surface area contributed by atoms with Crippen molar-refractivity contribution in [1.82, 2.24) is 4.98 Å². The summed E-state index contributed by atoms with van der Waals surface area (Å²) in [5, 5.41) is 0.910. The molecule has 4 rings (SSSR count). The first-order valence-corrected chi connectivity index (χ1v) is 8.09. The summed E-state index contributed by atoms with van der Waals surface area (Å²) < 4.78 is 0. The molecule has 1 heterocycles. The minimum absolute atomic E-state index is 0.0636. The van der Waals surface area contributed by atoms with Gasteiger partial charge in [0.05, 0.1) is 11.2 Å². The van der Waals surface area contributed by atoms with Gasteiger partial charge in [-0.1, -0.05) is 60.7 Å². The molecule has 2 nitrogen and oxygen atoms in total. The fraction of sp³-hybridized carbons (Fsp3) is 0.0909. The van der Waals surface area contributed by atoms with Gasteiger partial charge in [-0.15, -0.1) is 0 Å². The number of hydrogen-bond donors (Lipinski definition) is 0. The number of nitrogens with zero attached hydrogens (tertiary/aromatic N) is 1. The second kappa shape index (κ2) is 5.89. The van der Waals surface area contributed by atoms with E-state index in [1.807, 2.05) is 30.3 Å². The van der Waals surface area contributed by atoms with Crippen LogP contribution in [0, 0.1) is 0 Å². The van der Waals surface area contributed by atoms with E-state index in [0.717, 1.165) is 34.1 Å². The van der Waals surface area contributed by atoms with Crippen molar-refractivity contribution < 1.29 is 4.79 Å². The minimum atomic E-state index is 0.0636. The van der Waals surface area contributed by atoms with Crippen LogP contribution >= 0.6 is 0 Å². The molecule has 0 amide bonds. The van der Waals surface area contributed by atoms with Crippen molar-refractivity contribution >= 4 is 22.3 Å². The molecule has 1 aliphatic rings. The maximum absolute atomic E-state index is 12.0. The standard InChI is InChI=1S/C22H17NO/c1-15(24)20-14-22(23-21-9-5-4-8-19(20)21)18-12-10-17(11-13-18)16-6-2-3-7-16/h2-6,8-14H,7H2,1H3. The summed E-state index contributed by atoms with van der Waals surface area (Å²) in [7, 11) is 0. The van der Waals surface area contributed by atoms with Crippen LogP contribution in [0.1, 0.15) is 29.3 Å². The van der Waals surface area contributed by atoms with E-state index in [9.17, 15) is 4.79 Å². The summed E-state index contributed by atoms with van der Waals surface area (Å²) in [5.41, 5.74) is 6.01. The molecular formula is C22H17NO. The van der Waals surface area contributed by atoms with Crippen LogP contribution in [0.5, 0.6) is 0 Å². The monoisotopic (exact) mass is 311 g/mol. The lowest BCUT2D eigenvalue weighted by atomic mass is 9.99. The van der Waals surface area contributed by atoms with E-state index in [0.29, 0.717) is 0 Å². The molecule has 1 aliphatic carbocycles. The number of Topliss-reactive ketones (excluding diaryl/α,β-unsaturated/α-hetero) is 1. The zero-order chi connectivity index (χ0) is 16.5. The molecule has 2 aromatic carbocycles. The molecule has 0 N–H and O–H groups in total. The highest BCUT2D eigenvalue weighted by molar-refractivity contribution is 6.07. The number of fused-ring (bicyclic) bond motifs is 1. The number of carbonyl (C=O) groups is 1. The number of benzene rings is 2. The molecule has 0 aliphatic heterocycles. The predicted octanol–water partition coefficient (Wildman–Crippen LogP) is 5.45. The second-order valence-corrected chi connectivity index (χ2v) is 6.03. The largest absolute Gasteiger partial charge is 0.294 e. The van der Waals surface area contributed by atoms with E-state index < -0.39 is 0 Å². The van der Waals surface area contributed by atoms with Crippen LogP contribution in [0.2, 0.25) is 0 Å². The number of carbonyl (C=O) groups excluding carboxylic acids is 1. The van der Waals surface area contributed by atoms with E-state index in [2.05, 4.69) is 42.5 Å². The minimum Gasteiger partial charge on any atom is -0.294 e. The molecule has 24 heavy (non-hydrogen) atoms. The van der Waals surface area contributed by atoms with E-state index in [1.54, 1.807) is 6.92 Å². The normalized spacial score (nSPS) is 13.3. The molecule has 116 valence electrons. The Hall–Kier alpha value is -3.00. The van der Waals surface area contributed by atoms with Gasteiger partial charge in [0.2, 0.25) is 0 Å². The predicted molar refractivity (Wildman–Crippen MR) is 98.9 cm³/mol. The SMILES string of the molecule is CC(=O)c1cc(-c2ccc(C3=CC=CC3)cc2)nc2ccccc12. The lowest BCUT2D eigenvalue weighted by molar-refractivity contribution is 0.101. The van der Waals surface area contributed by atoms with Crippen LogP contribution in [-0.2, 0) is 0 Å². The summed E-state index contributed by atoms with van der Waals surface area (Å²) in [4.78, 5) is 16.8. The highest BCUT2D eigenvalue weighted by atomic mass is 16.1. The first-order valence-electron chi connectivity index (χ1n) is 8.09. The van der Waals surface area contributed by atoms with Gasteiger partial charge in [0.15, 0.2) is 5.78 Å². The topological polar surface area (TPSA) is 30.0 Å². The molecule has 0 bridgehead atoms. The number of rotatable bonds is 3. The Morgan fingerprint density at radius 1 is 1.00 bits per heavy atom. The quantitative estimate of drug-likeness (QED) is 0.602. The molecular weight excluding hydrogens is 294 g/mol. The number of allylic oxidation sites excluding steroid dienone is 4. The Kier molecular flexibility index (Phi) is 3.58. The van der Waals surface area contributed by atoms with E-state index in [1.165, 1.54) is 11.1 Å². The van der Waals surface area contributed by atoms with Crippen molar-refractivity contribution in [3.8, 4) is 11.3 Å². The molecule has 3 aromatic rings. The lowest BCUT2D eigenvalue weighted by Crippen LogP contribution is -1.97. The van der Waals surface area contributed by atoms with Crippen LogP contribution in [0.25, 0.3) is 27.7 Å². The zero-order valence-corrected chi connectivity index (χ0v) is 13.5. The zero-order valence-electron chi connectivity index (χ0n) is 13.5. The van der Waals surface area contributed by atoms with Gasteiger partial charge in [-0.2, -0.15) is 0 Å².